The van der Waals surface area contributed by atoms with Crippen molar-refractivity contribution < 1.29 is 17.9 Å². The van der Waals surface area contributed by atoms with E-state index in [4.69, 9.17) is 10.5 Å². The van der Waals surface area contributed by atoms with Crippen LogP contribution in [0.25, 0.3) is 0 Å². The first-order valence-electron chi connectivity index (χ1n) is 6.20. The highest BCUT2D eigenvalue weighted by Gasteiger charge is 2.28. The van der Waals surface area contributed by atoms with Crippen molar-refractivity contribution in [2.24, 2.45) is 5.73 Å². The Labute approximate surface area is 114 Å². The van der Waals surface area contributed by atoms with Gasteiger partial charge in [0.2, 0.25) is 0 Å². The van der Waals surface area contributed by atoms with Crippen LogP contribution in [0, 0.1) is 17.5 Å². The maximum atomic E-state index is 13.3. The molecule has 0 spiro atoms. The minimum Gasteiger partial charge on any atom is -0.485 e. The zero-order valence-electron chi connectivity index (χ0n) is 10.4. The summed E-state index contributed by atoms with van der Waals surface area (Å²) in [6, 6.07) is 6.93. The standard InChI is InChI=1S/C15H12F3NO/c16-9-1-2-12-13(19)7-14(20-15(12)6-9)8-3-10(17)5-11(18)4-8/h1-6,13-14H,7,19H2/t13-,14?/m1/s1. The molecule has 0 saturated carbocycles. The van der Waals surface area contributed by atoms with Crippen molar-refractivity contribution in [1.29, 1.82) is 0 Å². The van der Waals surface area contributed by atoms with Crippen molar-refractivity contribution in [1.82, 2.24) is 0 Å². The monoisotopic (exact) mass is 279 g/mol. The van der Waals surface area contributed by atoms with Crippen LogP contribution in [0.5, 0.6) is 5.75 Å². The Hall–Kier alpha value is -2.01. The Morgan fingerprint density at radius 2 is 1.65 bits per heavy atom. The van der Waals surface area contributed by atoms with Crippen molar-refractivity contribution >= 4 is 0 Å². The lowest BCUT2D eigenvalue weighted by atomic mass is 9.93. The summed E-state index contributed by atoms with van der Waals surface area (Å²) in [5.41, 5.74) is 7.06. The Morgan fingerprint density at radius 3 is 2.35 bits per heavy atom. The van der Waals surface area contributed by atoms with Crippen LogP contribution >= 0.6 is 0 Å². The SMILES string of the molecule is N[C@@H]1CC(c2cc(F)cc(F)c2)Oc2cc(F)ccc21. The molecule has 3 rings (SSSR count). The molecule has 0 saturated heterocycles. The Balaban J connectivity index is 1.98. The highest BCUT2D eigenvalue weighted by Crippen LogP contribution is 2.40. The van der Waals surface area contributed by atoms with E-state index in [1.54, 1.807) is 6.07 Å². The van der Waals surface area contributed by atoms with E-state index in [1.807, 2.05) is 0 Å². The van der Waals surface area contributed by atoms with Gasteiger partial charge in [-0.2, -0.15) is 0 Å². The number of ether oxygens (including phenoxy) is 1. The molecule has 2 aromatic carbocycles. The molecule has 5 heteroatoms. The van der Waals surface area contributed by atoms with Gasteiger partial charge in [-0.05, 0) is 23.8 Å². The van der Waals surface area contributed by atoms with Crippen molar-refractivity contribution in [3.05, 3.63) is 65.0 Å². The summed E-state index contributed by atoms with van der Waals surface area (Å²) in [7, 11) is 0. The van der Waals surface area contributed by atoms with Crippen LogP contribution in [-0.2, 0) is 0 Å². The van der Waals surface area contributed by atoms with E-state index >= 15 is 0 Å². The zero-order valence-corrected chi connectivity index (χ0v) is 10.4. The minimum atomic E-state index is -0.679. The van der Waals surface area contributed by atoms with Crippen molar-refractivity contribution in [3.8, 4) is 5.75 Å². The normalized spacial score (nSPS) is 21.2. The van der Waals surface area contributed by atoms with E-state index in [9.17, 15) is 13.2 Å². The minimum absolute atomic E-state index is 0.318. The molecule has 0 fully saturated rings. The van der Waals surface area contributed by atoms with Gasteiger partial charge >= 0.3 is 0 Å². The molecule has 2 nitrogen and oxygen atoms in total. The van der Waals surface area contributed by atoms with Crippen molar-refractivity contribution in [2.45, 2.75) is 18.6 Å². The number of benzene rings is 2. The van der Waals surface area contributed by atoms with E-state index in [-0.39, 0.29) is 6.04 Å². The fourth-order valence-electron chi connectivity index (χ4n) is 2.44. The van der Waals surface area contributed by atoms with Crippen molar-refractivity contribution in [2.75, 3.05) is 0 Å². The van der Waals surface area contributed by atoms with Crippen LogP contribution in [0.15, 0.2) is 36.4 Å². The second-order valence-electron chi connectivity index (χ2n) is 4.83. The number of rotatable bonds is 1. The molecule has 0 aromatic heterocycles. The van der Waals surface area contributed by atoms with E-state index in [1.165, 1.54) is 24.3 Å². The molecule has 0 radical (unpaired) electrons. The average Bonchev–Trinajstić information content (AvgIpc) is 2.36. The van der Waals surface area contributed by atoms with Gasteiger partial charge in [-0.3, -0.25) is 0 Å². The first-order chi connectivity index (χ1) is 9.52. The summed E-state index contributed by atoms with van der Waals surface area (Å²) in [5.74, 6) is -1.48. The van der Waals surface area contributed by atoms with Crippen molar-refractivity contribution in [3.63, 3.8) is 0 Å². The van der Waals surface area contributed by atoms with E-state index in [2.05, 4.69) is 0 Å². The molecule has 1 unspecified atom stereocenters. The summed E-state index contributed by atoms with van der Waals surface area (Å²) < 4.78 is 45.4. The summed E-state index contributed by atoms with van der Waals surface area (Å²) in [6.45, 7) is 0. The van der Waals surface area contributed by atoms with Gasteiger partial charge in [0.15, 0.2) is 0 Å². The van der Waals surface area contributed by atoms with Gasteiger partial charge in [0, 0.05) is 30.2 Å². The molecule has 0 amide bonds. The molecule has 0 bridgehead atoms. The molecule has 1 aliphatic rings. The molecule has 1 aliphatic heterocycles. The predicted octanol–water partition coefficient (Wildman–Crippen LogP) is 3.63. The Morgan fingerprint density at radius 1 is 0.950 bits per heavy atom. The van der Waals surface area contributed by atoms with E-state index in [0.29, 0.717) is 23.3 Å². The molecule has 2 atom stereocenters. The second kappa shape index (κ2) is 4.83. The number of hydrogen-bond acceptors (Lipinski definition) is 2. The zero-order chi connectivity index (χ0) is 14.3. The summed E-state index contributed by atoms with van der Waals surface area (Å²) in [4.78, 5) is 0. The van der Waals surface area contributed by atoms with Gasteiger partial charge in [0.05, 0.1) is 0 Å². The van der Waals surface area contributed by atoms with Gasteiger partial charge in [0.25, 0.3) is 0 Å². The molecule has 2 N–H and O–H groups in total. The Kier molecular flexibility index (Phi) is 3.14. The smallest absolute Gasteiger partial charge is 0.127 e. The van der Waals surface area contributed by atoms with Gasteiger partial charge in [-0.1, -0.05) is 6.07 Å². The summed E-state index contributed by atoms with van der Waals surface area (Å²) >= 11 is 0. The quantitative estimate of drug-likeness (QED) is 0.865. The topological polar surface area (TPSA) is 35.2 Å². The molecular formula is C15H12F3NO. The first kappa shape index (κ1) is 13.0. The third kappa shape index (κ3) is 2.36. The average molecular weight is 279 g/mol. The van der Waals surface area contributed by atoms with Gasteiger partial charge in [-0.25, -0.2) is 13.2 Å². The second-order valence-corrected chi connectivity index (χ2v) is 4.83. The fraction of sp³-hybridized carbons (Fsp3) is 0.200. The largest absolute Gasteiger partial charge is 0.485 e. The molecule has 1 heterocycles. The van der Waals surface area contributed by atoms with Gasteiger partial charge in [0.1, 0.15) is 29.3 Å². The molecular weight excluding hydrogens is 267 g/mol. The molecule has 104 valence electrons. The van der Waals surface area contributed by atoms with Crippen LogP contribution in [0.1, 0.15) is 29.7 Å². The van der Waals surface area contributed by atoms with Crippen LogP contribution in [0.4, 0.5) is 13.2 Å². The fourth-order valence-corrected chi connectivity index (χ4v) is 2.44. The maximum Gasteiger partial charge on any atom is 0.127 e. The first-order valence-corrected chi connectivity index (χ1v) is 6.20. The summed E-state index contributed by atoms with van der Waals surface area (Å²) in [5, 5.41) is 0. The lowest BCUT2D eigenvalue weighted by Crippen LogP contribution is -2.24. The third-order valence-electron chi connectivity index (χ3n) is 3.37. The Bertz CT molecular complexity index is 639. The molecule has 20 heavy (non-hydrogen) atoms. The maximum absolute atomic E-state index is 13.3. The van der Waals surface area contributed by atoms with Crippen LogP contribution in [0.3, 0.4) is 0 Å². The molecule has 0 aliphatic carbocycles. The third-order valence-corrected chi connectivity index (χ3v) is 3.37. The highest BCUT2D eigenvalue weighted by molar-refractivity contribution is 5.39. The summed E-state index contributed by atoms with van der Waals surface area (Å²) in [6.07, 6.45) is -0.217. The van der Waals surface area contributed by atoms with E-state index < -0.39 is 23.6 Å². The number of hydrogen-bond donors (Lipinski definition) is 1. The lowest BCUT2D eigenvalue weighted by Gasteiger charge is -2.30. The van der Waals surface area contributed by atoms with Gasteiger partial charge in [-0.15, -0.1) is 0 Å². The molecule has 2 aromatic rings. The number of nitrogens with two attached hydrogens (primary N) is 1. The lowest BCUT2D eigenvalue weighted by molar-refractivity contribution is 0.160. The number of halogens is 3. The van der Waals surface area contributed by atoms with Crippen LogP contribution < -0.4 is 10.5 Å². The number of fused-ring (bicyclic) bond motifs is 1. The van der Waals surface area contributed by atoms with Crippen LogP contribution in [-0.4, -0.2) is 0 Å². The predicted molar refractivity (Wildman–Crippen MR) is 67.7 cm³/mol. The van der Waals surface area contributed by atoms with E-state index in [0.717, 1.165) is 6.07 Å². The van der Waals surface area contributed by atoms with Gasteiger partial charge < -0.3 is 10.5 Å². The van der Waals surface area contributed by atoms with Crippen LogP contribution in [0.2, 0.25) is 0 Å². The highest BCUT2D eigenvalue weighted by atomic mass is 19.1.